The molecule has 1 atom stereocenters. The molecule has 0 aromatic heterocycles. The van der Waals surface area contributed by atoms with Crippen LogP contribution in [-0.4, -0.2) is 23.9 Å². The van der Waals surface area contributed by atoms with Crippen molar-refractivity contribution in [3.05, 3.63) is 0 Å². The number of nitrogens with two attached hydrogens (primary N) is 1. The molecule has 1 aliphatic heterocycles. The molecule has 140 valence electrons. The van der Waals surface area contributed by atoms with E-state index in [1.807, 2.05) is 6.92 Å². The van der Waals surface area contributed by atoms with Crippen LogP contribution in [0.2, 0.25) is 0 Å². The number of carbonyl (C=O) groups is 3. The van der Waals surface area contributed by atoms with Gasteiger partial charge in [0, 0.05) is 18.9 Å². The van der Waals surface area contributed by atoms with Crippen molar-refractivity contribution in [2.24, 2.45) is 5.73 Å². The molecule has 1 heterocycles. The van der Waals surface area contributed by atoms with Gasteiger partial charge < -0.3 is 11.1 Å². The van der Waals surface area contributed by atoms with Crippen molar-refractivity contribution in [3.8, 4) is 0 Å². The maximum atomic E-state index is 10.2. The van der Waals surface area contributed by atoms with Crippen LogP contribution < -0.4 is 16.4 Å². The third kappa shape index (κ3) is 33.3. The summed E-state index contributed by atoms with van der Waals surface area (Å²) in [6, 6.07) is -0.219. The van der Waals surface area contributed by atoms with Gasteiger partial charge in [0.05, 0.1) is 0 Å². The fourth-order valence-electron chi connectivity index (χ4n) is 1.26. The number of urea groups is 1. The van der Waals surface area contributed by atoms with Crippen molar-refractivity contribution in [1.82, 2.24) is 10.6 Å². The molecule has 1 aliphatic rings. The summed E-state index contributed by atoms with van der Waals surface area (Å²) in [6.45, 7) is 4.01. The smallest absolute Gasteiger partial charge is 0.296 e. The zero-order valence-corrected chi connectivity index (χ0v) is 13.3. The predicted octanol–water partition coefficient (Wildman–Crippen LogP) is 3.76. The Morgan fingerprint density at radius 2 is 1.57 bits per heavy atom. The van der Waals surface area contributed by atoms with Gasteiger partial charge in [-0.15, -0.1) is 0 Å². The summed E-state index contributed by atoms with van der Waals surface area (Å²) in [5.41, 5.74) is 4.87. The Kier molecular flexibility index (Phi) is 8.03. The molecule has 1 saturated heterocycles. The first-order valence-electron chi connectivity index (χ1n) is 6.35. The molecular weight excluding hydrogens is 355 g/mol. The Balaban J connectivity index is -0.000000273. The first-order valence-corrected chi connectivity index (χ1v) is 8.38. The van der Waals surface area contributed by atoms with Crippen molar-refractivity contribution in [1.29, 1.82) is 0 Å². The molecule has 1 rings (SSSR count). The maximum Gasteiger partial charge on any atom is 1.00 e. The molecule has 0 spiro atoms. The molecule has 0 bridgehead atoms. The van der Waals surface area contributed by atoms with Crippen LogP contribution in [0.4, 0.5) is 30.0 Å². The summed E-state index contributed by atoms with van der Waals surface area (Å²) < 4.78 is 59.2. The van der Waals surface area contributed by atoms with E-state index in [4.69, 9.17) is 5.73 Å². The van der Waals surface area contributed by atoms with Crippen molar-refractivity contribution in [2.75, 3.05) is 0 Å². The Morgan fingerprint density at radius 3 is 1.74 bits per heavy atom. The number of imide groups is 1. The topological polar surface area (TPSA) is 101 Å². The van der Waals surface area contributed by atoms with Crippen molar-refractivity contribution >= 4 is 25.7 Å². The van der Waals surface area contributed by atoms with E-state index in [2.05, 4.69) is 17.6 Å². The van der Waals surface area contributed by atoms with Crippen molar-refractivity contribution < 1.29 is 41.0 Å². The third-order valence-electron chi connectivity index (χ3n) is 1.97. The van der Waals surface area contributed by atoms with Crippen LogP contribution in [0.5, 0.6) is 0 Å². The number of hydrogen-bond donors (Lipinski definition) is 3. The van der Waals surface area contributed by atoms with Gasteiger partial charge >= 0.3 is 40.4 Å². The first kappa shape index (κ1) is 23.7. The third-order valence-corrected chi connectivity index (χ3v) is 1.97. The van der Waals surface area contributed by atoms with Crippen molar-refractivity contribution in [2.45, 2.75) is 45.6 Å². The molecule has 0 aromatic carbocycles. The first-order chi connectivity index (χ1) is 9.90. The van der Waals surface area contributed by atoms with Gasteiger partial charge in [-0.3, -0.25) is 14.9 Å². The number of amides is 4. The minimum Gasteiger partial charge on any atom is -0.296 e. The molecule has 0 radical (unpaired) electrons. The summed E-state index contributed by atoms with van der Waals surface area (Å²) in [6.07, 6.45) is 2.81. The number of hydrogen-bond acceptors (Lipinski definition) is 3. The van der Waals surface area contributed by atoms with E-state index in [1.54, 1.807) is 0 Å². The number of rotatable bonds is 3. The summed E-state index contributed by atoms with van der Waals surface area (Å²) in [5, 5.41) is 4.72. The van der Waals surface area contributed by atoms with Gasteiger partial charge in [0.25, 0.3) is 0 Å². The molecular formula is C10H20F6N3O3P. The molecule has 6 nitrogen and oxygen atoms in total. The van der Waals surface area contributed by atoms with Gasteiger partial charge in [-0.05, 0) is 13.3 Å². The number of carbonyl (C=O) groups excluding carboxylic acids is 3. The maximum absolute atomic E-state index is 10.7. The molecule has 4 N–H and O–H groups in total. The normalized spacial score (nSPS) is 18.1. The number of primary amides is 1. The second-order valence-corrected chi connectivity index (χ2v) is 6.54. The van der Waals surface area contributed by atoms with Gasteiger partial charge in [0.15, 0.2) is 0 Å². The second-order valence-electron chi connectivity index (χ2n) is 4.63. The average Bonchev–Trinajstić information content (AvgIpc) is 2.57. The van der Waals surface area contributed by atoms with Crippen LogP contribution in [-0.2, 0) is 9.59 Å². The Hall–Kier alpha value is -1.58. The molecule has 1 unspecified atom stereocenters. The van der Waals surface area contributed by atoms with E-state index in [9.17, 15) is 39.6 Å². The van der Waals surface area contributed by atoms with E-state index in [1.165, 1.54) is 0 Å². The molecule has 0 aromatic rings. The fraction of sp³-hybridized carbons (Fsp3) is 0.700. The second kappa shape index (κ2) is 7.80. The van der Waals surface area contributed by atoms with Crippen LogP contribution in [0.25, 0.3) is 0 Å². The molecule has 4 amide bonds. The van der Waals surface area contributed by atoms with Gasteiger partial charge in [0.1, 0.15) is 0 Å². The number of halogens is 6. The van der Waals surface area contributed by atoms with Crippen molar-refractivity contribution in [3.63, 3.8) is 0 Å². The van der Waals surface area contributed by atoms with E-state index < -0.39 is 13.8 Å². The standard InChI is InChI=1S/C6H14N2O.C4H5NO2.F6P/c1-3-4-5(2)8-6(7)9;6-3-1-2-4(7)5-3;1-7(2,3,4,5)6/h5H,3-4H2,1-2H3,(H3,7,8,9);1-2H2,(H,5,6,7);/q;;-1/p+1. The van der Waals surface area contributed by atoms with Crippen LogP contribution in [0.1, 0.15) is 41.0 Å². The Bertz CT molecular complexity index is 420. The molecule has 0 aliphatic carbocycles. The van der Waals surface area contributed by atoms with E-state index in [0.717, 1.165) is 12.8 Å². The van der Waals surface area contributed by atoms with Gasteiger partial charge in [-0.1, -0.05) is 13.3 Å². The van der Waals surface area contributed by atoms with Crippen LogP contribution in [0.3, 0.4) is 0 Å². The minimum absolute atomic E-state index is 0. The average molecular weight is 375 g/mol. The van der Waals surface area contributed by atoms with E-state index >= 15 is 0 Å². The van der Waals surface area contributed by atoms with E-state index in [0.29, 0.717) is 12.8 Å². The van der Waals surface area contributed by atoms with Crippen LogP contribution in [0.15, 0.2) is 0 Å². The minimum atomic E-state index is -10.7. The molecule has 0 saturated carbocycles. The summed E-state index contributed by atoms with van der Waals surface area (Å²) in [4.78, 5) is 30.4. The SMILES string of the molecule is CCCC(C)NC(N)=O.F[P-](F)(F)(F)(F)F.O=C1CCC(=O)N1.[H+]. The molecule has 13 heteroatoms. The summed E-state index contributed by atoms with van der Waals surface area (Å²) >= 11 is 0. The Labute approximate surface area is 129 Å². The van der Waals surface area contributed by atoms with Gasteiger partial charge in [-0.2, -0.15) is 0 Å². The van der Waals surface area contributed by atoms with Gasteiger partial charge in [0.2, 0.25) is 11.8 Å². The largest absolute Gasteiger partial charge is 1.00 e. The molecule has 23 heavy (non-hydrogen) atoms. The Morgan fingerprint density at radius 1 is 1.22 bits per heavy atom. The quantitative estimate of drug-likeness (QED) is 0.398. The van der Waals surface area contributed by atoms with Crippen LogP contribution >= 0.6 is 7.81 Å². The number of nitrogens with one attached hydrogen (secondary N) is 2. The van der Waals surface area contributed by atoms with Gasteiger partial charge in [-0.25, -0.2) is 4.79 Å². The summed E-state index contributed by atoms with van der Waals surface area (Å²) in [5.74, 6) is -0.296. The monoisotopic (exact) mass is 375 g/mol. The van der Waals surface area contributed by atoms with E-state index in [-0.39, 0.29) is 19.3 Å². The summed E-state index contributed by atoms with van der Waals surface area (Å²) in [7, 11) is -10.7. The zero-order chi connectivity index (χ0) is 19.0. The predicted molar refractivity (Wildman–Crippen MR) is 74.2 cm³/mol. The fourth-order valence-corrected chi connectivity index (χ4v) is 1.26. The van der Waals surface area contributed by atoms with Crippen LogP contribution in [0, 0.1) is 0 Å². The molecule has 1 fully saturated rings. The zero-order valence-electron chi connectivity index (χ0n) is 13.4.